The molecule has 0 aliphatic carbocycles. The maximum Gasteiger partial charge on any atom is 0.309 e. The lowest BCUT2D eigenvalue weighted by Gasteiger charge is -2.30. The predicted molar refractivity (Wildman–Crippen MR) is 91.8 cm³/mol. The first-order chi connectivity index (χ1) is 12.0. The van der Waals surface area contributed by atoms with E-state index in [-0.39, 0.29) is 30.8 Å². The van der Waals surface area contributed by atoms with Gasteiger partial charge < -0.3 is 14.5 Å². The summed E-state index contributed by atoms with van der Waals surface area (Å²) in [7, 11) is 1.57. The summed E-state index contributed by atoms with van der Waals surface area (Å²) in [5, 5.41) is 10.4. The molecule has 2 rings (SSSR count). The van der Waals surface area contributed by atoms with E-state index < -0.39 is 5.97 Å². The van der Waals surface area contributed by atoms with Crippen LogP contribution in [0.2, 0.25) is 0 Å². The highest BCUT2D eigenvalue weighted by Crippen LogP contribution is 2.21. The van der Waals surface area contributed by atoms with Gasteiger partial charge in [-0.25, -0.2) is 0 Å². The second-order valence-electron chi connectivity index (χ2n) is 5.87. The second-order valence-corrected chi connectivity index (χ2v) is 6.82. The Bertz CT molecular complexity index is 645. The minimum absolute atomic E-state index is 0.00360. The van der Waals surface area contributed by atoms with Crippen molar-refractivity contribution in [2.45, 2.75) is 19.3 Å². The second kappa shape index (κ2) is 9.18. The van der Waals surface area contributed by atoms with E-state index in [2.05, 4.69) is 0 Å². The highest BCUT2D eigenvalue weighted by atomic mass is 32.1. The average Bonchev–Trinajstić information content (AvgIpc) is 3.18. The standard InChI is InChI=1S/C17H21N3O4S/c1-19(8-3-7-18)15(21)12-24-17(23)13-5-9-20(10-6-13)16(22)14-4-2-11-25-14/h2,4,11,13H,3,5-6,8-10,12H2,1H3. The predicted octanol–water partition coefficient (Wildman–Crippen LogP) is 1.52. The summed E-state index contributed by atoms with van der Waals surface area (Å²) in [6, 6.07) is 5.59. The summed E-state index contributed by atoms with van der Waals surface area (Å²) in [6.07, 6.45) is 1.32. The van der Waals surface area contributed by atoms with Gasteiger partial charge in [0, 0.05) is 26.7 Å². The fourth-order valence-corrected chi connectivity index (χ4v) is 3.27. The summed E-state index contributed by atoms with van der Waals surface area (Å²) in [4.78, 5) is 40.0. The van der Waals surface area contributed by atoms with E-state index in [0.29, 0.717) is 37.4 Å². The number of carbonyl (C=O) groups is 3. The molecule has 7 nitrogen and oxygen atoms in total. The highest BCUT2D eigenvalue weighted by molar-refractivity contribution is 7.12. The van der Waals surface area contributed by atoms with Crippen LogP contribution in [0.4, 0.5) is 0 Å². The lowest BCUT2D eigenvalue weighted by atomic mass is 9.97. The van der Waals surface area contributed by atoms with E-state index in [9.17, 15) is 14.4 Å². The molecule has 25 heavy (non-hydrogen) atoms. The molecule has 0 spiro atoms. The number of likely N-dealkylation sites (tertiary alicyclic amines) is 1. The van der Waals surface area contributed by atoms with Crippen molar-refractivity contribution >= 4 is 29.1 Å². The Balaban J connectivity index is 1.73. The van der Waals surface area contributed by atoms with Gasteiger partial charge in [0.15, 0.2) is 6.61 Å². The Morgan fingerprint density at radius 2 is 2.12 bits per heavy atom. The Hall–Kier alpha value is -2.40. The smallest absolute Gasteiger partial charge is 0.309 e. The largest absolute Gasteiger partial charge is 0.455 e. The van der Waals surface area contributed by atoms with Crippen LogP contribution in [0.3, 0.4) is 0 Å². The van der Waals surface area contributed by atoms with Crippen molar-refractivity contribution in [2.24, 2.45) is 5.92 Å². The molecule has 0 saturated carbocycles. The van der Waals surface area contributed by atoms with Gasteiger partial charge in [-0.3, -0.25) is 14.4 Å². The number of carbonyl (C=O) groups excluding carboxylic acids is 3. The Labute approximate surface area is 150 Å². The Morgan fingerprint density at radius 3 is 2.72 bits per heavy atom. The van der Waals surface area contributed by atoms with Gasteiger partial charge in [-0.1, -0.05) is 6.07 Å². The summed E-state index contributed by atoms with van der Waals surface area (Å²) in [5.41, 5.74) is 0. The van der Waals surface area contributed by atoms with Crippen LogP contribution in [-0.2, 0) is 14.3 Å². The molecule has 1 aromatic rings. The highest BCUT2D eigenvalue weighted by Gasteiger charge is 2.29. The van der Waals surface area contributed by atoms with Crippen molar-refractivity contribution in [2.75, 3.05) is 33.3 Å². The van der Waals surface area contributed by atoms with Crippen molar-refractivity contribution in [1.82, 2.24) is 9.80 Å². The van der Waals surface area contributed by atoms with Gasteiger partial charge in [0.25, 0.3) is 11.8 Å². The number of hydrogen-bond acceptors (Lipinski definition) is 6. The first kappa shape index (κ1) is 18.9. The average molecular weight is 363 g/mol. The minimum atomic E-state index is -0.398. The zero-order chi connectivity index (χ0) is 18.2. The lowest BCUT2D eigenvalue weighted by molar-refractivity contribution is -0.156. The third kappa shape index (κ3) is 5.29. The fourth-order valence-electron chi connectivity index (χ4n) is 2.58. The number of nitrogens with zero attached hydrogens (tertiary/aromatic N) is 3. The normalized spacial score (nSPS) is 14.6. The van der Waals surface area contributed by atoms with Crippen LogP contribution in [0.1, 0.15) is 28.9 Å². The molecule has 1 aliphatic heterocycles. The number of ether oxygens (including phenoxy) is 1. The lowest BCUT2D eigenvalue weighted by Crippen LogP contribution is -2.41. The Kier molecular flexibility index (Phi) is 6.95. The molecule has 1 fully saturated rings. The van der Waals surface area contributed by atoms with Gasteiger partial charge >= 0.3 is 5.97 Å². The number of rotatable bonds is 6. The number of esters is 1. The quantitative estimate of drug-likeness (QED) is 0.715. The number of piperidine rings is 1. The first-order valence-corrected chi connectivity index (χ1v) is 9.01. The molecular weight excluding hydrogens is 342 g/mol. The number of likely N-dealkylation sites (N-methyl/N-ethyl adjacent to an activating group) is 1. The van der Waals surface area contributed by atoms with E-state index in [1.165, 1.54) is 16.2 Å². The monoisotopic (exact) mass is 363 g/mol. The molecule has 0 aromatic carbocycles. The Morgan fingerprint density at radius 1 is 1.40 bits per heavy atom. The van der Waals surface area contributed by atoms with Gasteiger partial charge in [0.1, 0.15) is 0 Å². The maximum absolute atomic E-state index is 12.3. The minimum Gasteiger partial charge on any atom is -0.455 e. The van der Waals surface area contributed by atoms with Crippen molar-refractivity contribution in [3.8, 4) is 6.07 Å². The van der Waals surface area contributed by atoms with E-state index in [1.54, 1.807) is 18.0 Å². The SMILES string of the molecule is CN(CCC#N)C(=O)COC(=O)C1CCN(C(=O)c2cccs2)CC1. The van der Waals surface area contributed by atoms with Gasteiger partial charge in [-0.2, -0.15) is 5.26 Å². The van der Waals surface area contributed by atoms with Crippen LogP contribution >= 0.6 is 11.3 Å². The molecule has 1 aromatic heterocycles. The zero-order valence-electron chi connectivity index (χ0n) is 14.1. The molecule has 0 unspecified atom stereocenters. The summed E-state index contributed by atoms with van der Waals surface area (Å²) in [5.74, 6) is -1.01. The molecule has 0 bridgehead atoms. The van der Waals surface area contributed by atoms with Crippen molar-refractivity contribution < 1.29 is 19.1 Å². The molecule has 0 N–H and O–H groups in total. The maximum atomic E-state index is 12.3. The van der Waals surface area contributed by atoms with Crippen LogP contribution < -0.4 is 0 Å². The number of nitriles is 1. The summed E-state index contributed by atoms with van der Waals surface area (Å²) in [6.45, 7) is 1.02. The van der Waals surface area contributed by atoms with Gasteiger partial charge in [0.2, 0.25) is 0 Å². The fraction of sp³-hybridized carbons (Fsp3) is 0.529. The third-order valence-electron chi connectivity index (χ3n) is 4.17. The third-order valence-corrected chi connectivity index (χ3v) is 5.03. The molecule has 0 radical (unpaired) electrons. The van der Waals surface area contributed by atoms with E-state index in [4.69, 9.17) is 10.00 Å². The van der Waals surface area contributed by atoms with E-state index in [0.717, 1.165) is 0 Å². The van der Waals surface area contributed by atoms with Crippen molar-refractivity contribution in [3.63, 3.8) is 0 Å². The van der Waals surface area contributed by atoms with Crippen LogP contribution in [0.15, 0.2) is 17.5 Å². The van der Waals surface area contributed by atoms with E-state index >= 15 is 0 Å². The molecule has 1 aliphatic rings. The molecule has 0 atom stereocenters. The van der Waals surface area contributed by atoms with Crippen LogP contribution in [0.5, 0.6) is 0 Å². The van der Waals surface area contributed by atoms with E-state index in [1.807, 2.05) is 17.5 Å². The molecule has 1 saturated heterocycles. The molecule has 134 valence electrons. The van der Waals surface area contributed by atoms with Gasteiger partial charge in [0.05, 0.1) is 23.3 Å². The topological polar surface area (TPSA) is 90.7 Å². The summed E-state index contributed by atoms with van der Waals surface area (Å²) < 4.78 is 5.10. The van der Waals surface area contributed by atoms with Crippen LogP contribution in [0.25, 0.3) is 0 Å². The first-order valence-electron chi connectivity index (χ1n) is 8.13. The number of amides is 2. The number of thiophene rings is 1. The molecule has 8 heteroatoms. The van der Waals surface area contributed by atoms with Crippen LogP contribution in [-0.4, -0.2) is 60.9 Å². The molecule has 2 amide bonds. The van der Waals surface area contributed by atoms with Crippen molar-refractivity contribution in [3.05, 3.63) is 22.4 Å². The van der Waals surface area contributed by atoms with Crippen LogP contribution in [0, 0.1) is 17.2 Å². The zero-order valence-corrected chi connectivity index (χ0v) is 15.0. The summed E-state index contributed by atoms with van der Waals surface area (Å²) >= 11 is 1.41. The van der Waals surface area contributed by atoms with Gasteiger partial charge in [-0.15, -0.1) is 11.3 Å². The van der Waals surface area contributed by atoms with Gasteiger partial charge in [-0.05, 0) is 24.3 Å². The molecule has 2 heterocycles. The number of hydrogen-bond donors (Lipinski definition) is 0. The van der Waals surface area contributed by atoms with Crippen molar-refractivity contribution in [1.29, 1.82) is 5.26 Å². The molecular formula is C17H21N3O4S.